The second-order valence-corrected chi connectivity index (χ2v) is 6.68. The fourth-order valence-electron chi connectivity index (χ4n) is 2.09. The molecule has 0 aromatic heterocycles. The lowest BCUT2D eigenvalue weighted by Crippen LogP contribution is -2.44. The summed E-state index contributed by atoms with van der Waals surface area (Å²) >= 11 is 1.37. The summed E-state index contributed by atoms with van der Waals surface area (Å²) < 4.78 is 5.14. The van der Waals surface area contributed by atoms with Crippen molar-refractivity contribution in [3.8, 4) is 5.75 Å². The minimum absolute atomic E-state index is 0.0190. The molecule has 0 aliphatic heterocycles. The number of para-hydroxylation sites is 2. The Balaban J connectivity index is 1.76. The van der Waals surface area contributed by atoms with Crippen LogP contribution >= 0.6 is 11.8 Å². The van der Waals surface area contributed by atoms with Crippen LogP contribution < -0.4 is 15.6 Å². The van der Waals surface area contributed by atoms with Crippen molar-refractivity contribution >= 4 is 29.3 Å². The molecule has 0 radical (unpaired) electrons. The quantitative estimate of drug-likeness (QED) is 0.428. The number of nitro benzene ring substituents is 1. The van der Waals surface area contributed by atoms with Crippen molar-refractivity contribution in [3.05, 3.63) is 63.7 Å². The molecule has 8 nitrogen and oxygen atoms in total. The Kier molecular flexibility index (Phi) is 7.18. The first-order valence-corrected chi connectivity index (χ1v) is 8.99. The molecule has 0 aliphatic carbocycles. The predicted molar refractivity (Wildman–Crippen MR) is 102 cm³/mol. The van der Waals surface area contributed by atoms with Gasteiger partial charge in [-0.05, 0) is 31.5 Å². The third-order valence-electron chi connectivity index (χ3n) is 3.46. The van der Waals surface area contributed by atoms with Crippen molar-refractivity contribution in [2.45, 2.75) is 18.7 Å². The van der Waals surface area contributed by atoms with Gasteiger partial charge in [-0.25, -0.2) is 0 Å². The number of aryl methyl sites for hydroxylation is 2. The summed E-state index contributed by atoms with van der Waals surface area (Å²) in [6.07, 6.45) is 0. The van der Waals surface area contributed by atoms with Gasteiger partial charge < -0.3 is 4.74 Å². The molecule has 2 aromatic rings. The van der Waals surface area contributed by atoms with E-state index in [0.29, 0.717) is 0 Å². The summed E-state index contributed by atoms with van der Waals surface area (Å²) in [7, 11) is 0. The fourth-order valence-corrected chi connectivity index (χ4v) is 3.01. The van der Waals surface area contributed by atoms with Crippen molar-refractivity contribution in [1.82, 2.24) is 10.9 Å². The molecule has 0 saturated heterocycles. The van der Waals surface area contributed by atoms with Gasteiger partial charge in [-0.2, -0.15) is 0 Å². The molecule has 0 saturated carbocycles. The molecule has 2 N–H and O–H groups in total. The van der Waals surface area contributed by atoms with Gasteiger partial charge in [0.1, 0.15) is 0 Å². The van der Waals surface area contributed by atoms with E-state index in [0.717, 1.165) is 16.0 Å². The van der Waals surface area contributed by atoms with Gasteiger partial charge in [-0.1, -0.05) is 29.8 Å². The molecule has 0 heterocycles. The topological polar surface area (TPSA) is 111 Å². The highest BCUT2D eigenvalue weighted by Gasteiger charge is 2.15. The summed E-state index contributed by atoms with van der Waals surface area (Å²) in [5.74, 6) is -0.886. The van der Waals surface area contributed by atoms with Gasteiger partial charge >= 0.3 is 5.69 Å². The van der Waals surface area contributed by atoms with Crippen LogP contribution in [0.2, 0.25) is 0 Å². The van der Waals surface area contributed by atoms with Gasteiger partial charge in [0.25, 0.3) is 5.91 Å². The number of nitrogens with zero attached hydrogens (tertiary/aromatic N) is 1. The highest BCUT2D eigenvalue weighted by Crippen LogP contribution is 2.25. The highest BCUT2D eigenvalue weighted by atomic mass is 32.2. The molecule has 0 fully saturated rings. The molecule has 0 atom stereocenters. The van der Waals surface area contributed by atoms with Crippen LogP contribution in [-0.4, -0.2) is 29.1 Å². The van der Waals surface area contributed by atoms with Crippen LogP contribution in [0, 0.1) is 24.0 Å². The lowest BCUT2D eigenvalue weighted by molar-refractivity contribution is -0.385. The van der Waals surface area contributed by atoms with Gasteiger partial charge in [0, 0.05) is 11.0 Å². The maximum atomic E-state index is 11.9. The summed E-state index contributed by atoms with van der Waals surface area (Å²) in [4.78, 5) is 34.9. The number of carbonyl (C=O) groups excluding carboxylic acids is 2. The molecule has 2 aromatic carbocycles. The maximum Gasteiger partial charge on any atom is 0.310 e. The van der Waals surface area contributed by atoms with E-state index in [2.05, 4.69) is 10.9 Å². The second-order valence-electron chi connectivity index (χ2n) is 5.67. The number of nitro groups is 1. The zero-order chi connectivity index (χ0) is 19.8. The Morgan fingerprint density at radius 2 is 1.81 bits per heavy atom. The van der Waals surface area contributed by atoms with E-state index < -0.39 is 17.4 Å². The molecule has 0 spiro atoms. The van der Waals surface area contributed by atoms with Crippen LogP contribution in [0.25, 0.3) is 0 Å². The standard InChI is InChI=1S/C18H19N3O5S/c1-12-7-8-13(2)16(9-12)27-11-18(23)20-19-17(22)10-26-15-6-4-3-5-14(15)21(24)25/h3-9H,10-11H2,1-2H3,(H,19,22)(H,20,23). The monoisotopic (exact) mass is 389 g/mol. The summed E-state index contributed by atoms with van der Waals surface area (Å²) in [5.41, 5.74) is 6.44. The number of thioether (sulfide) groups is 1. The van der Waals surface area contributed by atoms with Gasteiger partial charge in [0.2, 0.25) is 5.91 Å². The number of hydrogen-bond acceptors (Lipinski definition) is 6. The van der Waals surface area contributed by atoms with Gasteiger partial charge in [-0.15, -0.1) is 11.8 Å². The van der Waals surface area contributed by atoms with Gasteiger partial charge in [0.15, 0.2) is 12.4 Å². The van der Waals surface area contributed by atoms with Crippen molar-refractivity contribution in [2.24, 2.45) is 0 Å². The SMILES string of the molecule is Cc1ccc(C)c(SCC(=O)NNC(=O)COc2ccccc2[N+](=O)[O-])c1. The third-order valence-corrected chi connectivity index (χ3v) is 4.62. The number of nitrogens with one attached hydrogen (secondary N) is 2. The highest BCUT2D eigenvalue weighted by molar-refractivity contribution is 8.00. The molecule has 0 unspecified atom stereocenters. The summed E-state index contributed by atoms with van der Waals surface area (Å²) in [5, 5.41) is 10.9. The number of hydrogen-bond donors (Lipinski definition) is 2. The van der Waals surface area contributed by atoms with E-state index in [-0.39, 0.29) is 23.1 Å². The predicted octanol–water partition coefficient (Wildman–Crippen LogP) is 2.53. The normalized spacial score (nSPS) is 10.1. The Bertz CT molecular complexity index is 857. The van der Waals surface area contributed by atoms with E-state index in [9.17, 15) is 19.7 Å². The number of carbonyl (C=O) groups is 2. The van der Waals surface area contributed by atoms with Crippen LogP contribution in [0.1, 0.15) is 11.1 Å². The first-order chi connectivity index (χ1) is 12.9. The van der Waals surface area contributed by atoms with E-state index in [1.807, 2.05) is 32.0 Å². The Morgan fingerprint density at radius 1 is 1.11 bits per heavy atom. The average molecular weight is 389 g/mol. The molecule has 27 heavy (non-hydrogen) atoms. The van der Waals surface area contributed by atoms with E-state index in [4.69, 9.17) is 4.74 Å². The largest absolute Gasteiger partial charge is 0.477 e. The number of rotatable bonds is 7. The smallest absolute Gasteiger partial charge is 0.310 e. The summed E-state index contributed by atoms with van der Waals surface area (Å²) in [6, 6.07) is 11.7. The zero-order valence-electron chi connectivity index (χ0n) is 14.9. The van der Waals surface area contributed by atoms with E-state index in [1.54, 1.807) is 6.07 Å². The van der Waals surface area contributed by atoms with Crippen LogP contribution in [0.15, 0.2) is 47.4 Å². The third kappa shape index (κ3) is 6.30. The minimum atomic E-state index is -0.627. The lowest BCUT2D eigenvalue weighted by atomic mass is 10.2. The number of hydrazine groups is 1. The Hall–Kier alpha value is -3.07. The lowest BCUT2D eigenvalue weighted by Gasteiger charge is -2.10. The van der Waals surface area contributed by atoms with Gasteiger partial charge in [-0.3, -0.25) is 30.6 Å². The van der Waals surface area contributed by atoms with Crippen molar-refractivity contribution in [1.29, 1.82) is 0 Å². The molecular formula is C18H19N3O5S. The fraction of sp³-hybridized carbons (Fsp3) is 0.222. The van der Waals surface area contributed by atoms with E-state index >= 15 is 0 Å². The van der Waals surface area contributed by atoms with Gasteiger partial charge in [0.05, 0.1) is 10.7 Å². The Labute approximate surface area is 160 Å². The number of ether oxygens (including phenoxy) is 1. The number of benzene rings is 2. The minimum Gasteiger partial charge on any atom is -0.477 e. The maximum absolute atomic E-state index is 11.9. The first kappa shape index (κ1) is 20.2. The van der Waals surface area contributed by atoms with Crippen LogP contribution in [0.3, 0.4) is 0 Å². The number of amides is 2. The Morgan fingerprint density at radius 3 is 2.56 bits per heavy atom. The van der Waals surface area contributed by atoms with E-state index in [1.165, 1.54) is 30.0 Å². The molecule has 2 rings (SSSR count). The molecule has 2 amide bonds. The van der Waals surface area contributed by atoms with Crippen LogP contribution in [-0.2, 0) is 9.59 Å². The molecule has 142 valence electrons. The van der Waals surface area contributed by atoms with Crippen molar-refractivity contribution in [3.63, 3.8) is 0 Å². The molecule has 0 aliphatic rings. The average Bonchev–Trinajstić information content (AvgIpc) is 2.65. The van der Waals surface area contributed by atoms with Crippen LogP contribution in [0.5, 0.6) is 5.75 Å². The molecular weight excluding hydrogens is 370 g/mol. The first-order valence-electron chi connectivity index (χ1n) is 8.01. The molecule has 9 heteroatoms. The zero-order valence-corrected chi connectivity index (χ0v) is 15.7. The van der Waals surface area contributed by atoms with Crippen LogP contribution in [0.4, 0.5) is 5.69 Å². The second kappa shape index (κ2) is 9.58. The van der Waals surface area contributed by atoms with Crippen molar-refractivity contribution < 1.29 is 19.2 Å². The van der Waals surface area contributed by atoms with Crippen molar-refractivity contribution in [2.75, 3.05) is 12.4 Å². The molecule has 0 bridgehead atoms. The summed E-state index contributed by atoms with van der Waals surface area (Å²) in [6.45, 7) is 3.47.